The maximum absolute atomic E-state index is 12.0. The van der Waals surface area contributed by atoms with Gasteiger partial charge in [0.2, 0.25) is 0 Å². The first-order valence-electron chi connectivity index (χ1n) is 40.9. The summed E-state index contributed by atoms with van der Waals surface area (Å²) in [6, 6.07) is 3.45. The summed E-state index contributed by atoms with van der Waals surface area (Å²) >= 11 is 0. The van der Waals surface area contributed by atoms with Gasteiger partial charge in [0.05, 0.1) is 121 Å². The van der Waals surface area contributed by atoms with Crippen LogP contribution in [0.25, 0.3) is 0 Å². The van der Waals surface area contributed by atoms with E-state index in [2.05, 4.69) is 67.8 Å². The average molecular weight is 1630 g/mol. The standard InChI is InChI=1S/C17H36O4Si.3C16H34O5Si.C8H14O2.C7H16O2.H2O/c1-7-10-19-14-16(20-8-2)13-15(3)17(18)21-11-9-12-22(4,5)6;3*1-6-9-19-13-15(20-7-2)12-14(3)16(17)21-10-8-11-22(4,5)18;1-4-5-6-10-8(9)7(2)3;1-3-5-9-7-6-8-4-2;/h15-16H,7-14H2,1-6H3;3*14-15,18H,6-13H2,1-5H3;2,4-6H2,1,3H3;3-7H2,1-2H3;1H2. The molecular weight excluding hydrogens is 1460 g/mol. The summed E-state index contributed by atoms with van der Waals surface area (Å²) in [6.07, 6.45) is 12.4. The first-order valence-corrected chi connectivity index (χ1v) is 54.0. The smallest absolute Gasteiger partial charge is 0.333 e. The van der Waals surface area contributed by atoms with Gasteiger partial charge in [-0.3, -0.25) is 19.2 Å². The Morgan fingerprint density at radius 3 is 0.769 bits per heavy atom. The number of esters is 5. The maximum atomic E-state index is 12.0. The first-order chi connectivity index (χ1) is 50.3. The van der Waals surface area contributed by atoms with E-state index in [0.717, 1.165) is 122 Å². The molecule has 0 saturated carbocycles. The minimum Gasteiger partial charge on any atom is -0.465 e. The topological polar surface area (TPSA) is 316 Å². The zero-order valence-electron chi connectivity index (χ0n) is 73.6. The number of ether oxygens (including phenoxy) is 15. The first kappa shape index (κ1) is 119. The zero-order valence-corrected chi connectivity index (χ0v) is 77.6. The van der Waals surface area contributed by atoms with Crippen LogP contribution in [0.3, 0.4) is 0 Å². The van der Waals surface area contributed by atoms with E-state index in [1.807, 2.05) is 102 Å². The van der Waals surface area contributed by atoms with Gasteiger partial charge in [0, 0.05) is 79.7 Å². The van der Waals surface area contributed by atoms with E-state index in [1.54, 1.807) is 6.92 Å². The molecule has 650 valence electrons. The summed E-state index contributed by atoms with van der Waals surface area (Å²) < 4.78 is 80.8. The molecule has 0 aromatic rings. The third-order valence-corrected chi connectivity index (χ3v) is 21.7. The molecule has 28 heteroatoms. The number of rotatable bonds is 62. The number of unbranched alkanes of at least 4 members (excludes halogenated alkanes) is 1. The van der Waals surface area contributed by atoms with Gasteiger partial charge >= 0.3 is 29.8 Å². The fourth-order valence-electron chi connectivity index (χ4n) is 9.40. The zero-order chi connectivity index (χ0) is 83.0. The van der Waals surface area contributed by atoms with Gasteiger partial charge in [-0.15, -0.1) is 0 Å². The average Bonchev–Trinajstić information content (AvgIpc) is 0.942. The largest absolute Gasteiger partial charge is 0.465 e. The summed E-state index contributed by atoms with van der Waals surface area (Å²) in [4.78, 5) is 87.9. The minimum atomic E-state index is -2.04. The van der Waals surface area contributed by atoms with Gasteiger partial charge in [-0.2, -0.15) is 0 Å². The highest BCUT2D eigenvalue weighted by atomic mass is 28.4. The predicted octanol–water partition coefficient (Wildman–Crippen LogP) is 15.6. The SMILES string of the molecule is C=C(C)C(=O)OCCCC.CCCOCC(CC(C)C(=O)OCCC[Si](C)(C)C)OCC.CCCOCC(CC(C)C(=O)OCCC[Si](C)(C)O)OCC.CCCOCC(CC(C)C(=O)OCCC[Si](C)(C)O)OCC.CCCOCC(CC(C)C(=O)OCCC[Si](C)(C)O)OCC.CCCOCCOCC.O. The van der Waals surface area contributed by atoms with Crippen molar-refractivity contribution < 1.29 is 115 Å². The Morgan fingerprint density at radius 1 is 0.315 bits per heavy atom. The van der Waals surface area contributed by atoms with Crippen molar-refractivity contribution in [3.8, 4) is 0 Å². The lowest BCUT2D eigenvalue weighted by Crippen LogP contribution is -2.28. The van der Waals surface area contributed by atoms with E-state index in [0.29, 0.717) is 137 Å². The lowest BCUT2D eigenvalue weighted by Gasteiger charge is -2.20. The molecule has 0 bridgehead atoms. The molecule has 0 radical (unpaired) electrons. The van der Waals surface area contributed by atoms with Gasteiger partial charge in [-0.05, 0) is 189 Å². The molecule has 0 spiro atoms. The molecule has 0 saturated heterocycles. The van der Waals surface area contributed by atoms with Crippen molar-refractivity contribution in [3.63, 3.8) is 0 Å². The molecule has 108 heavy (non-hydrogen) atoms. The Bertz CT molecular complexity index is 1780. The summed E-state index contributed by atoms with van der Waals surface area (Å²) in [6.45, 7) is 65.9. The van der Waals surface area contributed by atoms with Gasteiger partial charge < -0.3 is 90.9 Å². The van der Waals surface area contributed by atoms with Gasteiger partial charge in [0.25, 0.3) is 0 Å². The Hall–Kier alpha value is -2.60. The molecule has 0 aliphatic heterocycles. The van der Waals surface area contributed by atoms with E-state index in [4.69, 9.17) is 71.1 Å². The van der Waals surface area contributed by atoms with Gasteiger partial charge in [0.1, 0.15) is 0 Å². The third kappa shape index (κ3) is 92.3. The van der Waals surface area contributed by atoms with E-state index in [1.165, 1.54) is 6.04 Å². The molecule has 0 heterocycles. The van der Waals surface area contributed by atoms with Gasteiger partial charge in [-0.1, -0.05) is 108 Å². The van der Waals surface area contributed by atoms with E-state index < -0.39 is 33.0 Å². The molecule has 8 atom stereocenters. The summed E-state index contributed by atoms with van der Waals surface area (Å²) in [7, 11) is -7.16. The number of carbonyl (C=O) groups is 5. The fourth-order valence-corrected chi connectivity index (χ4v) is 13.6. The van der Waals surface area contributed by atoms with Crippen LogP contribution < -0.4 is 0 Å². The Morgan fingerprint density at radius 2 is 0.556 bits per heavy atom. The monoisotopic (exact) mass is 1630 g/mol. The van der Waals surface area contributed by atoms with Crippen LogP contribution in [-0.2, 0) is 95.0 Å². The van der Waals surface area contributed by atoms with Crippen molar-refractivity contribution in [3.05, 3.63) is 12.2 Å². The minimum absolute atomic E-state index is 0. The quantitative estimate of drug-likeness (QED) is 0.0167. The molecule has 0 aliphatic carbocycles. The van der Waals surface area contributed by atoms with E-state index in [9.17, 15) is 38.4 Å². The van der Waals surface area contributed by atoms with Crippen LogP contribution in [0.4, 0.5) is 0 Å². The number of carbonyl (C=O) groups excluding carboxylic acids is 5. The van der Waals surface area contributed by atoms with E-state index >= 15 is 0 Å². The summed E-state index contributed by atoms with van der Waals surface area (Å²) in [5.41, 5.74) is 0.469. The van der Waals surface area contributed by atoms with E-state index in [-0.39, 0.29) is 83.4 Å². The van der Waals surface area contributed by atoms with Crippen LogP contribution in [0.15, 0.2) is 12.2 Å². The highest BCUT2D eigenvalue weighted by Crippen LogP contribution is 2.19. The second-order valence-electron chi connectivity index (χ2n) is 30.3. The fraction of sp³-hybridized carbons (Fsp3) is 0.912. The van der Waals surface area contributed by atoms with Crippen molar-refractivity contribution in [2.75, 3.05) is 139 Å². The van der Waals surface area contributed by atoms with Crippen LogP contribution in [-0.4, -0.2) is 246 Å². The highest BCUT2D eigenvalue weighted by molar-refractivity contribution is 6.76. The normalized spacial score (nSPS) is 13.6. The number of hydrogen-bond donors (Lipinski definition) is 3. The Kier molecular flexibility index (Phi) is 87.5. The van der Waals surface area contributed by atoms with Crippen molar-refractivity contribution in [2.45, 2.75) is 315 Å². The molecule has 0 amide bonds. The van der Waals surface area contributed by atoms with Crippen molar-refractivity contribution in [1.82, 2.24) is 0 Å². The van der Waals surface area contributed by atoms with Gasteiger partial charge in [0.15, 0.2) is 25.0 Å². The molecule has 24 nitrogen and oxygen atoms in total. The predicted molar refractivity (Wildman–Crippen MR) is 447 cm³/mol. The second kappa shape index (κ2) is 79.6. The van der Waals surface area contributed by atoms with Crippen LogP contribution in [0.5, 0.6) is 0 Å². The molecule has 0 aromatic carbocycles. The molecule has 8 unspecified atom stereocenters. The van der Waals surface area contributed by atoms with Crippen LogP contribution in [0, 0.1) is 23.7 Å². The van der Waals surface area contributed by atoms with Crippen LogP contribution in [0.1, 0.15) is 207 Å². The molecule has 0 aliphatic rings. The molecule has 0 fully saturated rings. The third-order valence-electron chi connectivity index (χ3n) is 15.1. The molecule has 0 aromatic heterocycles. The van der Waals surface area contributed by atoms with Crippen molar-refractivity contribution >= 4 is 62.9 Å². The Balaban J connectivity index is -0.000000232. The number of hydrogen-bond acceptors (Lipinski definition) is 23. The van der Waals surface area contributed by atoms with Crippen LogP contribution in [0.2, 0.25) is 83.1 Å². The second-order valence-corrected chi connectivity index (χ2v) is 48.3. The lowest BCUT2D eigenvalue weighted by molar-refractivity contribution is -0.150. The van der Waals surface area contributed by atoms with Crippen molar-refractivity contribution in [2.24, 2.45) is 23.7 Å². The van der Waals surface area contributed by atoms with Crippen molar-refractivity contribution in [1.29, 1.82) is 0 Å². The Labute approximate surface area is 663 Å². The molecule has 5 N–H and O–H groups in total. The maximum Gasteiger partial charge on any atom is 0.333 e. The highest BCUT2D eigenvalue weighted by Gasteiger charge is 2.26. The van der Waals surface area contributed by atoms with Gasteiger partial charge in [-0.25, -0.2) is 4.79 Å². The molecule has 0 rings (SSSR count). The summed E-state index contributed by atoms with van der Waals surface area (Å²) in [5, 5.41) is 0. The van der Waals surface area contributed by atoms with Crippen LogP contribution >= 0.6 is 0 Å². The molecular formula is C80H170O24Si4. The lowest BCUT2D eigenvalue weighted by atomic mass is 10.0. The summed E-state index contributed by atoms with van der Waals surface area (Å²) in [5.74, 6) is -1.76.